The molecule has 7 heteroatoms. The molecule has 1 aliphatic heterocycles. The molecule has 0 spiro atoms. The van der Waals surface area contributed by atoms with E-state index < -0.39 is 0 Å². The van der Waals surface area contributed by atoms with Gasteiger partial charge in [0.1, 0.15) is 17.1 Å². The van der Waals surface area contributed by atoms with E-state index >= 15 is 0 Å². The van der Waals surface area contributed by atoms with Gasteiger partial charge < -0.3 is 13.8 Å². The highest BCUT2D eigenvalue weighted by Gasteiger charge is 2.31. The van der Waals surface area contributed by atoms with Crippen LogP contribution in [0.1, 0.15) is 53.3 Å². The number of aromatic nitrogens is 4. The summed E-state index contributed by atoms with van der Waals surface area (Å²) in [5.41, 5.74) is 7.04. The van der Waals surface area contributed by atoms with E-state index in [0.717, 1.165) is 70.7 Å². The van der Waals surface area contributed by atoms with Crippen LogP contribution in [0.2, 0.25) is 0 Å². The zero-order chi connectivity index (χ0) is 24.8. The Balaban J connectivity index is 1.69. The van der Waals surface area contributed by atoms with E-state index in [4.69, 9.17) is 19.2 Å². The van der Waals surface area contributed by atoms with E-state index in [1.54, 1.807) is 13.0 Å². The number of aryl methyl sites for hydroxylation is 2. The fourth-order valence-electron chi connectivity index (χ4n) is 5.60. The number of ether oxygens (including phenoxy) is 1. The molecule has 182 valence electrons. The first-order valence-corrected chi connectivity index (χ1v) is 12.4. The average molecular weight is 481 g/mol. The molecular weight excluding hydrogens is 452 g/mol. The van der Waals surface area contributed by atoms with Crippen molar-refractivity contribution in [3.8, 4) is 11.1 Å². The molecule has 1 atom stereocenters. The van der Waals surface area contributed by atoms with Crippen LogP contribution < -0.4 is 0 Å². The van der Waals surface area contributed by atoms with Gasteiger partial charge in [-0.3, -0.25) is 9.78 Å². The number of carbonyl (C=O) groups is 1. The minimum atomic E-state index is -0.0552. The largest absolute Gasteiger partial charge is 0.381 e. The van der Waals surface area contributed by atoms with E-state index in [9.17, 15) is 4.79 Å². The second-order valence-corrected chi connectivity index (χ2v) is 9.59. The van der Waals surface area contributed by atoms with Gasteiger partial charge in [-0.05, 0) is 56.4 Å². The highest BCUT2D eigenvalue weighted by molar-refractivity contribution is 6.07. The number of Topliss-reactive ketones (excluding diaryl/α,β-unsaturated/α-hetero) is 1. The summed E-state index contributed by atoms with van der Waals surface area (Å²) in [6.45, 7) is 6.90. The molecule has 1 aliphatic rings. The van der Waals surface area contributed by atoms with Gasteiger partial charge in [0.05, 0.1) is 22.8 Å². The van der Waals surface area contributed by atoms with Crippen LogP contribution in [0.15, 0.2) is 59.3 Å². The van der Waals surface area contributed by atoms with Crippen molar-refractivity contribution < 1.29 is 14.1 Å². The molecule has 0 aliphatic carbocycles. The van der Waals surface area contributed by atoms with Gasteiger partial charge in [-0.2, -0.15) is 0 Å². The summed E-state index contributed by atoms with van der Waals surface area (Å²) in [6, 6.07) is 16.5. The molecular formula is C29H28N4O3. The summed E-state index contributed by atoms with van der Waals surface area (Å²) >= 11 is 0. The van der Waals surface area contributed by atoms with Crippen molar-refractivity contribution >= 4 is 27.9 Å². The van der Waals surface area contributed by atoms with Gasteiger partial charge in [0, 0.05) is 42.8 Å². The third-order valence-electron chi connectivity index (χ3n) is 7.30. The number of hydrogen-bond acceptors (Lipinski definition) is 6. The highest BCUT2D eigenvalue weighted by atomic mass is 16.5. The first-order valence-electron chi connectivity index (χ1n) is 12.4. The van der Waals surface area contributed by atoms with Crippen LogP contribution in [-0.2, 0) is 4.74 Å². The molecule has 1 fully saturated rings. The second kappa shape index (κ2) is 8.99. The van der Waals surface area contributed by atoms with Gasteiger partial charge in [0.2, 0.25) is 0 Å². The Hall–Kier alpha value is -3.84. The zero-order valence-electron chi connectivity index (χ0n) is 20.7. The first kappa shape index (κ1) is 22.6. The monoisotopic (exact) mass is 480 g/mol. The summed E-state index contributed by atoms with van der Waals surface area (Å²) in [7, 11) is 0. The quantitative estimate of drug-likeness (QED) is 0.284. The Kier molecular flexibility index (Phi) is 5.64. The molecule has 0 saturated carbocycles. The molecule has 0 bridgehead atoms. The average Bonchev–Trinajstić information content (AvgIpc) is 3.41. The highest BCUT2D eigenvalue weighted by Crippen LogP contribution is 2.41. The maximum Gasteiger partial charge on any atom is 0.178 e. The molecule has 5 aromatic rings. The number of nitrogens with zero attached hydrogens (tertiary/aromatic N) is 4. The summed E-state index contributed by atoms with van der Waals surface area (Å²) < 4.78 is 13.5. The first-order chi connectivity index (χ1) is 17.5. The number of carbonyl (C=O) groups excluding carboxylic acids is 1. The Morgan fingerprint density at radius 2 is 1.86 bits per heavy atom. The van der Waals surface area contributed by atoms with Gasteiger partial charge in [-0.15, -0.1) is 0 Å². The molecule has 6 rings (SSSR count). The maximum atomic E-state index is 12.3. The van der Waals surface area contributed by atoms with E-state index in [1.165, 1.54) is 5.56 Å². The Morgan fingerprint density at radius 1 is 1.08 bits per heavy atom. The molecule has 0 N–H and O–H groups in total. The lowest BCUT2D eigenvalue weighted by Gasteiger charge is -2.32. The van der Waals surface area contributed by atoms with Gasteiger partial charge in [-0.25, -0.2) is 4.98 Å². The smallest absolute Gasteiger partial charge is 0.178 e. The van der Waals surface area contributed by atoms with Crippen molar-refractivity contribution in [2.75, 3.05) is 13.2 Å². The molecule has 5 heterocycles. The van der Waals surface area contributed by atoms with Gasteiger partial charge in [0.15, 0.2) is 5.78 Å². The number of hydrogen-bond donors (Lipinski definition) is 0. The van der Waals surface area contributed by atoms with Crippen molar-refractivity contribution in [3.63, 3.8) is 0 Å². The normalized spacial score (nSPS) is 15.5. The van der Waals surface area contributed by atoms with Gasteiger partial charge >= 0.3 is 0 Å². The zero-order valence-corrected chi connectivity index (χ0v) is 20.7. The van der Waals surface area contributed by atoms with Crippen LogP contribution >= 0.6 is 0 Å². The van der Waals surface area contributed by atoms with Crippen molar-refractivity contribution in [1.82, 2.24) is 19.7 Å². The molecule has 0 amide bonds. The molecule has 7 nitrogen and oxygen atoms in total. The Morgan fingerprint density at radius 3 is 2.56 bits per heavy atom. The Bertz CT molecular complexity index is 1560. The van der Waals surface area contributed by atoms with E-state index in [-0.39, 0.29) is 11.8 Å². The summed E-state index contributed by atoms with van der Waals surface area (Å²) in [6.07, 6.45) is 3.78. The van der Waals surface area contributed by atoms with Crippen LogP contribution in [0.5, 0.6) is 0 Å². The lowest BCUT2D eigenvalue weighted by Crippen LogP contribution is -2.27. The lowest BCUT2D eigenvalue weighted by atomic mass is 9.86. The summed E-state index contributed by atoms with van der Waals surface area (Å²) in [4.78, 5) is 22.1. The van der Waals surface area contributed by atoms with Crippen molar-refractivity contribution in [2.45, 2.75) is 39.7 Å². The van der Waals surface area contributed by atoms with E-state index in [1.807, 2.05) is 32.2 Å². The van der Waals surface area contributed by atoms with Crippen LogP contribution in [-0.4, -0.2) is 38.7 Å². The van der Waals surface area contributed by atoms with Crippen LogP contribution in [0.25, 0.3) is 33.2 Å². The number of fused-ring (bicyclic) bond motifs is 3. The molecule has 1 aromatic carbocycles. The second-order valence-electron chi connectivity index (χ2n) is 9.59. The van der Waals surface area contributed by atoms with Crippen molar-refractivity contribution in [1.29, 1.82) is 0 Å². The fraction of sp³-hybridized carbons (Fsp3) is 0.310. The van der Waals surface area contributed by atoms with Crippen LogP contribution in [0, 0.1) is 19.8 Å². The predicted octanol–water partition coefficient (Wildman–Crippen LogP) is 6.07. The third kappa shape index (κ3) is 3.71. The minimum absolute atomic E-state index is 0.0199. The molecule has 36 heavy (non-hydrogen) atoms. The number of rotatable bonds is 5. The number of ketones is 1. The van der Waals surface area contributed by atoms with E-state index in [2.05, 4.69) is 40.1 Å². The van der Waals surface area contributed by atoms with Crippen LogP contribution in [0.3, 0.4) is 0 Å². The SMILES string of the molecule is CC(=O)c1ccc2c3ncc(-c4c(C)noc4C)cc3n(C(c3ccccc3)C3CCOCC3)c2n1. The topological polar surface area (TPSA) is 83.0 Å². The Labute approximate surface area is 209 Å². The van der Waals surface area contributed by atoms with Gasteiger partial charge in [-0.1, -0.05) is 35.5 Å². The fourth-order valence-corrected chi connectivity index (χ4v) is 5.60. The molecule has 1 unspecified atom stereocenters. The molecule has 1 saturated heterocycles. The summed E-state index contributed by atoms with van der Waals surface area (Å²) in [5.74, 6) is 1.06. The van der Waals surface area contributed by atoms with Crippen LogP contribution in [0.4, 0.5) is 0 Å². The van der Waals surface area contributed by atoms with Crippen molar-refractivity contribution in [3.05, 3.63) is 77.4 Å². The number of pyridine rings is 2. The minimum Gasteiger partial charge on any atom is -0.381 e. The third-order valence-corrected chi connectivity index (χ3v) is 7.30. The predicted molar refractivity (Wildman–Crippen MR) is 138 cm³/mol. The maximum absolute atomic E-state index is 12.3. The van der Waals surface area contributed by atoms with Crippen molar-refractivity contribution in [2.24, 2.45) is 5.92 Å². The van der Waals surface area contributed by atoms with E-state index in [0.29, 0.717) is 11.6 Å². The molecule has 4 aromatic heterocycles. The summed E-state index contributed by atoms with van der Waals surface area (Å²) in [5, 5.41) is 5.09. The molecule has 0 radical (unpaired) electrons. The number of benzene rings is 1. The standard InChI is InChI=1S/C29H28N4O3/c1-17-26(19(3)36-32-17)22-15-25-27(30-16-22)23-9-10-24(18(2)34)31-29(23)33(25)28(20-7-5-4-6-8-20)21-11-13-35-14-12-21/h4-10,15-16,21,28H,11-14H2,1-3H3. The lowest BCUT2D eigenvalue weighted by molar-refractivity contribution is 0.0552. The van der Waals surface area contributed by atoms with Gasteiger partial charge in [0.25, 0.3) is 0 Å².